The summed E-state index contributed by atoms with van der Waals surface area (Å²) in [5, 5.41) is 0. The van der Waals surface area contributed by atoms with Gasteiger partial charge in [0.2, 0.25) is 0 Å². The van der Waals surface area contributed by atoms with E-state index in [9.17, 15) is 0 Å². The molecule has 0 amide bonds. The van der Waals surface area contributed by atoms with Crippen molar-refractivity contribution < 1.29 is 0 Å². The van der Waals surface area contributed by atoms with E-state index >= 15 is 0 Å². The highest BCUT2D eigenvalue weighted by atomic mass is 33.1. The third-order valence-corrected chi connectivity index (χ3v) is 4.04. The molecular weight excluding hydrogens is 136 g/mol. The summed E-state index contributed by atoms with van der Waals surface area (Å²) in [4.78, 5) is 1.52. The summed E-state index contributed by atoms with van der Waals surface area (Å²) in [6.45, 7) is 4.42. The van der Waals surface area contributed by atoms with Crippen molar-refractivity contribution in [3.63, 3.8) is 0 Å². The third kappa shape index (κ3) is 1.46. The Morgan fingerprint density at radius 3 is 2.50 bits per heavy atom. The molecule has 1 aliphatic heterocycles. The van der Waals surface area contributed by atoms with E-state index in [2.05, 4.69) is 13.8 Å². The second kappa shape index (κ2) is 2.83. The zero-order valence-electron chi connectivity index (χ0n) is 5.23. The predicted octanol–water partition coefficient (Wildman–Crippen LogP) is 3.07. The minimum Gasteiger partial charge on any atom is -0.0890 e. The van der Waals surface area contributed by atoms with Gasteiger partial charge >= 0.3 is 0 Å². The van der Waals surface area contributed by atoms with Crippen LogP contribution in [0.15, 0.2) is 10.5 Å². The van der Waals surface area contributed by atoms with E-state index in [0.29, 0.717) is 0 Å². The maximum Gasteiger partial charge on any atom is 0.00778 e. The van der Waals surface area contributed by atoms with Crippen molar-refractivity contribution >= 4 is 21.6 Å². The minimum atomic E-state index is 1.30. The Morgan fingerprint density at radius 1 is 1.38 bits per heavy atom. The molecule has 1 heterocycles. The summed E-state index contributed by atoms with van der Waals surface area (Å²) in [6.07, 6.45) is 1.30. The van der Waals surface area contributed by atoms with Crippen LogP contribution in [0.4, 0.5) is 0 Å². The molecule has 0 aliphatic carbocycles. The van der Waals surface area contributed by atoms with E-state index in [1.807, 2.05) is 21.6 Å². The lowest BCUT2D eigenvalue weighted by Crippen LogP contribution is -1.87. The van der Waals surface area contributed by atoms with Gasteiger partial charge in [-0.3, -0.25) is 0 Å². The van der Waals surface area contributed by atoms with Crippen molar-refractivity contribution in [1.29, 1.82) is 0 Å². The molecule has 8 heavy (non-hydrogen) atoms. The zero-order valence-corrected chi connectivity index (χ0v) is 6.86. The van der Waals surface area contributed by atoms with Gasteiger partial charge in [0.05, 0.1) is 0 Å². The standard InChI is InChI=1S/C6H10S2/c1-5-3-4-7-8-6(5)2/h3-4H2,1-2H3. The maximum atomic E-state index is 2.22. The zero-order chi connectivity index (χ0) is 5.98. The molecule has 46 valence electrons. The molecule has 0 bridgehead atoms. The fraction of sp³-hybridized carbons (Fsp3) is 0.667. The van der Waals surface area contributed by atoms with Gasteiger partial charge in [-0.1, -0.05) is 27.2 Å². The second-order valence-corrected chi connectivity index (χ2v) is 4.62. The number of hydrogen-bond donors (Lipinski definition) is 0. The Bertz CT molecular complexity index is 102. The highest BCUT2D eigenvalue weighted by molar-refractivity contribution is 8.78. The van der Waals surface area contributed by atoms with Gasteiger partial charge in [0.25, 0.3) is 0 Å². The van der Waals surface area contributed by atoms with Gasteiger partial charge in [-0.05, 0) is 25.2 Å². The highest BCUT2D eigenvalue weighted by Crippen LogP contribution is 2.37. The highest BCUT2D eigenvalue weighted by Gasteiger charge is 2.04. The molecule has 0 aromatic carbocycles. The predicted molar refractivity (Wildman–Crippen MR) is 43.0 cm³/mol. The lowest BCUT2D eigenvalue weighted by Gasteiger charge is -2.11. The molecule has 0 atom stereocenters. The van der Waals surface area contributed by atoms with E-state index in [0.717, 1.165) is 0 Å². The smallest absolute Gasteiger partial charge is 0.00778 e. The molecule has 0 radical (unpaired) electrons. The summed E-state index contributed by atoms with van der Waals surface area (Å²) in [5.74, 6) is 1.30. The van der Waals surface area contributed by atoms with Crippen LogP contribution in [0.25, 0.3) is 0 Å². The number of rotatable bonds is 0. The molecule has 0 nitrogen and oxygen atoms in total. The van der Waals surface area contributed by atoms with Gasteiger partial charge < -0.3 is 0 Å². The SMILES string of the molecule is CC1=C(C)SSCC1. The summed E-state index contributed by atoms with van der Waals surface area (Å²) in [6, 6.07) is 0. The molecule has 2 heteroatoms. The van der Waals surface area contributed by atoms with Crippen LogP contribution in [0.2, 0.25) is 0 Å². The monoisotopic (exact) mass is 146 g/mol. The van der Waals surface area contributed by atoms with Gasteiger partial charge in [-0.2, -0.15) is 0 Å². The molecule has 1 rings (SSSR count). The van der Waals surface area contributed by atoms with Crippen LogP contribution >= 0.6 is 21.6 Å². The fourth-order valence-corrected chi connectivity index (χ4v) is 2.92. The van der Waals surface area contributed by atoms with Crippen molar-refractivity contribution in [2.24, 2.45) is 0 Å². The van der Waals surface area contributed by atoms with Gasteiger partial charge in [0.1, 0.15) is 0 Å². The number of hydrogen-bond acceptors (Lipinski definition) is 2. The van der Waals surface area contributed by atoms with Crippen LogP contribution in [0.3, 0.4) is 0 Å². The van der Waals surface area contributed by atoms with Crippen molar-refractivity contribution in [3.05, 3.63) is 10.5 Å². The van der Waals surface area contributed by atoms with E-state index in [1.54, 1.807) is 5.57 Å². The van der Waals surface area contributed by atoms with Gasteiger partial charge in [-0.25, -0.2) is 0 Å². The second-order valence-electron chi connectivity index (χ2n) is 1.99. The van der Waals surface area contributed by atoms with Gasteiger partial charge in [-0.15, -0.1) is 0 Å². The van der Waals surface area contributed by atoms with Crippen LogP contribution in [0.5, 0.6) is 0 Å². The van der Waals surface area contributed by atoms with E-state index in [1.165, 1.54) is 17.1 Å². The van der Waals surface area contributed by atoms with Crippen LogP contribution in [-0.2, 0) is 0 Å². The maximum absolute atomic E-state index is 2.22. The molecule has 0 fully saturated rings. The molecule has 1 aliphatic rings. The lowest BCUT2D eigenvalue weighted by molar-refractivity contribution is 1.10. The minimum absolute atomic E-state index is 1.30. The molecule has 0 aromatic rings. The summed E-state index contributed by atoms with van der Waals surface area (Å²) in [5.41, 5.74) is 1.58. The first kappa shape index (κ1) is 6.56. The Balaban J connectivity index is 2.60. The Kier molecular flexibility index (Phi) is 2.32. The van der Waals surface area contributed by atoms with Gasteiger partial charge in [0, 0.05) is 5.75 Å². The van der Waals surface area contributed by atoms with Crippen molar-refractivity contribution in [3.8, 4) is 0 Å². The molecule has 0 saturated carbocycles. The first-order chi connectivity index (χ1) is 3.80. The van der Waals surface area contributed by atoms with Crippen molar-refractivity contribution in [1.82, 2.24) is 0 Å². The van der Waals surface area contributed by atoms with E-state index in [4.69, 9.17) is 0 Å². The normalized spacial score (nSPS) is 21.8. The first-order valence-corrected chi connectivity index (χ1v) is 5.08. The summed E-state index contributed by atoms with van der Waals surface area (Å²) < 4.78 is 0. The topological polar surface area (TPSA) is 0 Å². The largest absolute Gasteiger partial charge is 0.0890 e. The average molecular weight is 146 g/mol. The Morgan fingerprint density at radius 2 is 2.12 bits per heavy atom. The average Bonchev–Trinajstić information content (AvgIpc) is 1.77. The molecule has 0 saturated heterocycles. The molecule has 0 unspecified atom stereocenters. The van der Waals surface area contributed by atoms with Crippen molar-refractivity contribution in [2.45, 2.75) is 20.3 Å². The fourth-order valence-electron chi connectivity index (χ4n) is 0.572. The van der Waals surface area contributed by atoms with Crippen LogP contribution < -0.4 is 0 Å². The van der Waals surface area contributed by atoms with Crippen LogP contribution in [0, 0.1) is 0 Å². The van der Waals surface area contributed by atoms with Crippen LogP contribution in [-0.4, -0.2) is 5.75 Å². The van der Waals surface area contributed by atoms with E-state index in [-0.39, 0.29) is 0 Å². The summed E-state index contributed by atoms with van der Waals surface area (Å²) >= 11 is 0. The molecule has 0 spiro atoms. The molecule has 0 N–H and O–H groups in total. The third-order valence-electron chi connectivity index (χ3n) is 1.35. The summed E-state index contributed by atoms with van der Waals surface area (Å²) in [7, 11) is 3.89. The Labute approximate surface area is 58.5 Å². The lowest BCUT2D eigenvalue weighted by atomic mass is 10.2. The molecular formula is C6H10S2. The van der Waals surface area contributed by atoms with Crippen LogP contribution in [0.1, 0.15) is 20.3 Å². The Hall–Kier alpha value is 0.440. The first-order valence-electron chi connectivity index (χ1n) is 2.76. The van der Waals surface area contributed by atoms with Gasteiger partial charge in [0.15, 0.2) is 0 Å². The van der Waals surface area contributed by atoms with Crippen molar-refractivity contribution in [2.75, 3.05) is 5.75 Å². The number of allylic oxidation sites excluding steroid dienone is 2. The van der Waals surface area contributed by atoms with E-state index < -0.39 is 0 Å². The quantitative estimate of drug-likeness (QED) is 0.482. The molecule has 0 aromatic heterocycles.